The first-order valence-electron chi connectivity index (χ1n) is 6.03. The van der Waals surface area contributed by atoms with E-state index in [0.717, 1.165) is 29.8 Å². The number of rotatable bonds is 3. The van der Waals surface area contributed by atoms with Gasteiger partial charge in [0.25, 0.3) is 0 Å². The van der Waals surface area contributed by atoms with Gasteiger partial charge in [-0.3, -0.25) is 5.10 Å². The van der Waals surface area contributed by atoms with E-state index in [1.54, 1.807) is 0 Å². The molecule has 6 nitrogen and oxygen atoms in total. The number of benzene rings is 1. The van der Waals surface area contributed by atoms with Gasteiger partial charge in [0.05, 0.1) is 11.0 Å². The predicted octanol–water partition coefficient (Wildman–Crippen LogP) is 2.47. The lowest BCUT2D eigenvalue weighted by Gasteiger charge is -2.05. The predicted molar refractivity (Wildman–Crippen MR) is 74.8 cm³/mol. The molecule has 0 bridgehead atoms. The molecule has 0 atom stereocenters. The molecule has 2 heterocycles. The Morgan fingerprint density at radius 3 is 2.89 bits per heavy atom. The number of aromatic nitrogens is 5. The van der Waals surface area contributed by atoms with Crippen molar-refractivity contribution in [2.24, 2.45) is 0 Å². The first-order valence-corrected chi connectivity index (χ1v) is 6.41. The van der Waals surface area contributed by atoms with Gasteiger partial charge in [0.1, 0.15) is 0 Å². The number of imidazole rings is 1. The lowest BCUT2D eigenvalue weighted by Crippen LogP contribution is -2.00. The number of aromatic amines is 1. The van der Waals surface area contributed by atoms with Crippen molar-refractivity contribution in [3.8, 4) is 11.6 Å². The van der Waals surface area contributed by atoms with Gasteiger partial charge in [-0.2, -0.15) is 4.98 Å². The molecular formula is C12H13ClN6. The first-order chi connectivity index (χ1) is 9.19. The smallest absolute Gasteiger partial charge is 0.239 e. The molecule has 0 aliphatic rings. The van der Waals surface area contributed by atoms with Crippen molar-refractivity contribution in [1.82, 2.24) is 24.7 Å². The van der Waals surface area contributed by atoms with E-state index in [1.807, 2.05) is 18.2 Å². The van der Waals surface area contributed by atoms with Crippen LogP contribution in [0.2, 0.25) is 5.02 Å². The largest absolute Gasteiger partial charge is 0.366 e. The number of hydrogen-bond acceptors (Lipinski definition) is 4. The van der Waals surface area contributed by atoms with E-state index in [0.29, 0.717) is 10.8 Å². The summed E-state index contributed by atoms with van der Waals surface area (Å²) in [6.45, 7) is 2.95. The summed E-state index contributed by atoms with van der Waals surface area (Å²) < 4.78 is 2.09. The lowest BCUT2D eigenvalue weighted by atomic mass is 10.3. The molecule has 0 saturated heterocycles. The van der Waals surface area contributed by atoms with Gasteiger partial charge in [-0.15, -0.1) is 5.10 Å². The van der Waals surface area contributed by atoms with Gasteiger partial charge < -0.3 is 10.3 Å². The number of hydrogen-bond donors (Lipinski definition) is 2. The van der Waals surface area contributed by atoms with Crippen LogP contribution in [0.3, 0.4) is 0 Å². The zero-order valence-electron chi connectivity index (χ0n) is 10.4. The second-order valence-corrected chi connectivity index (χ2v) is 4.70. The molecule has 0 fully saturated rings. The topological polar surface area (TPSA) is 85.4 Å². The fourth-order valence-corrected chi connectivity index (χ4v) is 2.27. The summed E-state index contributed by atoms with van der Waals surface area (Å²) in [5.41, 5.74) is 7.41. The van der Waals surface area contributed by atoms with E-state index in [-0.39, 0.29) is 5.95 Å². The van der Waals surface area contributed by atoms with Crippen molar-refractivity contribution in [3.63, 3.8) is 0 Å². The minimum Gasteiger partial charge on any atom is -0.366 e. The number of H-pyrrole nitrogens is 1. The summed E-state index contributed by atoms with van der Waals surface area (Å²) in [6.07, 6.45) is 0.991. The summed E-state index contributed by atoms with van der Waals surface area (Å²) in [6, 6.07) is 5.66. The van der Waals surface area contributed by atoms with Gasteiger partial charge in [0, 0.05) is 11.6 Å². The van der Waals surface area contributed by atoms with Crippen molar-refractivity contribution in [1.29, 1.82) is 0 Å². The van der Waals surface area contributed by atoms with Gasteiger partial charge in [-0.1, -0.05) is 18.5 Å². The van der Waals surface area contributed by atoms with Gasteiger partial charge in [-0.25, -0.2) is 4.98 Å². The van der Waals surface area contributed by atoms with Gasteiger partial charge in [0.2, 0.25) is 5.95 Å². The molecule has 0 amide bonds. The van der Waals surface area contributed by atoms with Crippen LogP contribution in [0.15, 0.2) is 18.2 Å². The van der Waals surface area contributed by atoms with E-state index >= 15 is 0 Å². The van der Waals surface area contributed by atoms with Crippen LogP contribution in [0, 0.1) is 0 Å². The van der Waals surface area contributed by atoms with E-state index in [2.05, 4.69) is 31.7 Å². The summed E-state index contributed by atoms with van der Waals surface area (Å²) in [5.74, 6) is 1.50. The molecule has 0 unspecified atom stereocenters. The minimum absolute atomic E-state index is 0.211. The third kappa shape index (κ3) is 2.04. The Balaban J connectivity index is 2.25. The Morgan fingerprint density at radius 2 is 2.21 bits per heavy atom. The SMILES string of the molecule is CCCn1c(-c2nc(N)n[nH]2)nc2cc(Cl)ccc21. The molecule has 0 saturated carbocycles. The van der Waals surface area contributed by atoms with Gasteiger partial charge in [-0.05, 0) is 24.6 Å². The standard InChI is InChI=1S/C12H13ClN6/c1-2-5-19-9-4-3-7(13)6-8(9)15-11(19)10-16-12(14)18-17-10/h3-4,6H,2,5H2,1H3,(H3,14,16,17,18). The van der Waals surface area contributed by atoms with Crippen LogP contribution < -0.4 is 5.73 Å². The Morgan fingerprint density at radius 1 is 1.37 bits per heavy atom. The zero-order chi connectivity index (χ0) is 13.4. The number of aryl methyl sites for hydroxylation is 1. The van der Waals surface area contributed by atoms with Crippen molar-refractivity contribution in [2.45, 2.75) is 19.9 Å². The number of nitrogen functional groups attached to an aromatic ring is 1. The van der Waals surface area contributed by atoms with Crippen molar-refractivity contribution in [2.75, 3.05) is 5.73 Å². The van der Waals surface area contributed by atoms with Crippen LogP contribution in [0.5, 0.6) is 0 Å². The highest BCUT2D eigenvalue weighted by atomic mass is 35.5. The number of anilines is 1. The zero-order valence-corrected chi connectivity index (χ0v) is 11.1. The van der Waals surface area contributed by atoms with Crippen LogP contribution >= 0.6 is 11.6 Å². The van der Waals surface area contributed by atoms with Crippen LogP contribution in [-0.2, 0) is 6.54 Å². The normalized spacial score (nSPS) is 11.3. The molecular weight excluding hydrogens is 264 g/mol. The number of nitrogens with zero attached hydrogens (tertiary/aromatic N) is 4. The van der Waals surface area contributed by atoms with E-state index in [1.165, 1.54) is 0 Å². The molecule has 0 aliphatic heterocycles. The molecule has 0 radical (unpaired) electrons. The summed E-state index contributed by atoms with van der Waals surface area (Å²) in [5, 5.41) is 7.30. The second-order valence-electron chi connectivity index (χ2n) is 4.26. The van der Waals surface area contributed by atoms with Crippen molar-refractivity contribution < 1.29 is 0 Å². The van der Waals surface area contributed by atoms with Crippen LogP contribution in [-0.4, -0.2) is 24.7 Å². The molecule has 0 spiro atoms. The van der Waals surface area contributed by atoms with Gasteiger partial charge >= 0.3 is 0 Å². The highest BCUT2D eigenvalue weighted by molar-refractivity contribution is 6.31. The Kier molecular flexibility index (Phi) is 2.87. The van der Waals surface area contributed by atoms with Crippen molar-refractivity contribution in [3.05, 3.63) is 23.2 Å². The summed E-state index contributed by atoms with van der Waals surface area (Å²) in [4.78, 5) is 8.70. The minimum atomic E-state index is 0.211. The molecule has 3 N–H and O–H groups in total. The third-order valence-corrected chi connectivity index (χ3v) is 3.11. The maximum atomic E-state index is 6.00. The molecule has 7 heteroatoms. The van der Waals surface area contributed by atoms with E-state index in [9.17, 15) is 0 Å². The number of nitrogens with one attached hydrogen (secondary N) is 1. The number of halogens is 1. The van der Waals surface area contributed by atoms with Crippen molar-refractivity contribution >= 4 is 28.6 Å². The van der Waals surface area contributed by atoms with Crippen LogP contribution in [0.1, 0.15) is 13.3 Å². The second kappa shape index (κ2) is 4.55. The molecule has 3 aromatic rings. The molecule has 0 aliphatic carbocycles. The maximum Gasteiger partial charge on any atom is 0.239 e. The highest BCUT2D eigenvalue weighted by Crippen LogP contribution is 2.25. The first kappa shape index (κ1) is 12.0. The average molecular weight is 277 g/mol. The fraction of sp³-hybridized carbons (Fsp3) is 0.250. The fourth-order valence-electron chi connectivity index (χ4n) is 2.11. The number of nitrogens with two attached hydrogens (primary N) is 1. The molecule has 2 aromatic heterocycles. The molecule has 19 heavy (non-hydrogen) atoms. The monoisotopic (exact) mass is 276 g/mol. The number of fused-ring (bicyclic) bond motifs is 1. The van der Waals surface area contributed by atoms with E-state index < -0.39 is 0 Å². The Hall–Kier alpha value is -2.08. The van der Waals surface area contributed by atoms with Crippen LogP contribution in [0.25, 0.3) is 22.7 Å². The molecule has 1 aromatic carbocycles. The molecule has 3 rings (SSSR count). The third-order valence-electron chi connectivity index (χ3n) is 2.87. The maximum absolute atomic E-state index is 6.00. The van der Waals surface area contributed by atoms with Gasteiger partial charge in [0.15, 0.2) is 11.6 Å². The summed E-state index contributed by atoms with van der Waals surface area (Å²) >= 11 is 6.00. The highest BCUT2D eigenvalue weighted by Gasteiger charge is 2.15. The molecule has 98 valence electrons. The van der Waals surface area contributed by atoms with Crippen LogP contribution in [0.4, 0.5) is 5.95 Å². The summed E-state index contributed by atoms with van der Waals surface area (Å²) in [7, 11) is 0. The lowest BCUT2D eigenvalue weighted by molar-refractivity contribution is 0.701. The average Bonchev–Trinajstić information content (AvgIpc) is 2.94. The Bertz CT molecular complexity index is 729. The quantitative estimate of drug-likeness (QED) is 0.769. The van der Waals surface area contributed by atoms with E-state index in [4.69, 9.17) is 17.3 Å². The Labute approximate surface area is 114 Å².